The van der Waals surface area contributed by atoms with Gasteiger partial charge in [0.05, 0.1) is 18.0 Å². The van der Waals surface area contributed by atoms with Crippen molar-refractivity contribution in [2.45, 2.75) is 13.0 Å². The van der Waals surface area contributed by atoms with Gasteiger partial charge < -0.3 is 10.3 Å². The van der Waals surface area contributed by atoms with E-state index in [1.165, 1.54) is 6.33 Å². The van der Waals surface area contributed by atoms with Crippen LogP contribution in [0.4, 0.5) is 5.82 Å². The van der Waals surface area contributed by atoms with Gasteiger partial charge in [-0.05, 0) is 24.6 Å². The van der Waals surface area contributed by atoms with Gasteiger partial charge in [-0.2, -0.15) is 5.26 Å². The summed E-state index contributed by atoms with van der Waals surface area (Å²) < 4.78 is 0. The Morgan fingerprint density at radius 2 is 2.11 bits per heavy atom. The number of benzene rings is 1. The molecule has 5 nitrogen and oxygen atoms in total. The van der Waals surface area contributed by atoms with E-state index in [1.807, 2.05) is 19.1 Å². The van der Waals surface area contributed by atoms with Gasteiger partial charge in [0.15, 0.2) is 5.82 Å². The van der Waals surface area contributed by atoms with Gasteiger partial charge >= 0.3 is 0 Å². The Kier molecular flexibility index (Phi) is 3.83. The molecule has 6 heteroatoms. The van der Waals surface area contributed by atoms with Crippen molar-refractivity contribution < 1.29 is 0 Å². The van der Waals surface area contributed by atoms with Crippen molar-refractivity contribution in [3.63, 3.8) is 0 Å². The lowest BCUT2D eigenvalue weighted by Gasteiger charge is -2.15. The fourth-order valence-corrected chi connectivity index (χ4v) is 1.78. The zero-order chi connectivity index (χ0) is 13.8. The molecule has 2 aromatic rings. The van der Waals surface area contributed by atoms with Gasteiger partial charge in [0, 0.05) is 6.04 Å². The summed E-state index contributed by atoms with van der Waals surface area (Å²) in [6.45, 7) is 1.92. The van der Waals surface area contributed by atoms with Crippen molar-refractivity contribution in [1.82, 2.24) is 9.97 Å². The molecule has 96 valence electrons. The molecule has 19 heavy (non-hydrogen) atoms. The van der Waals surface area contributed by atoms with Crippen LogP contribution < -0.4 is 10.9 Å². The molecule has 1 unspecified atom stereocenters. The van der Waals surface area contributed by atoms with Crippen LogP contribution in [0.15, 0.2) is 35.4 Å². The van der Waals surface area contributed by atoms with E-state index < -0.39 is 0 Å². The second-order valence-electron chi connectivity index (χ2n) is 3.99. The van der Waals surface area contributed by atoms with Gasteiger partial charge in [-0.3, -0.25) is 4.79 Å². The highest BCUT2D eigenvalue weighted by atomic mass is 35.5. The number of aromatic amines is 1. The first-order chi connectivity index (χ1) is 9.11. The molecule has 0 aliphatic carbocycles. The highest BCUT2D eigenvalue weighted by Gasteiger charge is 2.10. The Labute approximate surface area is 114 Å². The third-order valence-electron chi connectivity index (χ3n) is 2.69. The fourth-order valence-electron chi connectivity index (χ4n) is 1.62. The number of rotatable bonds is 3. The summed E-state index contributed by atoms with van der Waals surface area (Å²) in [6.07, 6.45) is 1.29. The molecule has 1 aromatic carbocycles. The van der Waals surface area contributed by atoms with Crippen molar-refractivity contribution in [2.75, 3.05) is 5.32 Å². The molecule has 2 rings (SSSR count). The molecule has 0 bridgehead atoms. The topological polar surface area (TPSA) is 81.6 Å². The third-order valence-corrected chi connectivity index (χ3v) is 3.04. The Hall–Kier alpha value is -2.32. The lowest BCUT2D eigenvalue weighted by molar-refractivity contribution is 0.870. The number of aromatic nitrogens is 2. The monoisotopic (exact) mass is 274 g/mol. The number of halogens is 1. The zero-order valence-corrected chi connectivity index (χ0v) is 10.9. The van der Waals surface area contributed by atoms with Gasteiger partial charge in [0.25, 0.3) is 5.56 Å². The highest BCUT2D eigenvalue weighted by molar-refractivity contribution is 6.32. The summed E-state index contributed by atoms with van der Waals surface area (Å²) in [5.74, 6) is 0.335. The van der Waals surface area contributed by atoms with Crippen LogP contribution in [0.25, 0.3) is 0 Å². The fraction of sp³-hybridized carbons (Fsp3) is 0.154. The number of anilines is 1. The Balaban J connectivity index is 2.21. The SMILES string of the molecule is CC(Nc1nc[nH]c(=O)c1Cl)c1ccc(C#N)cc1. The summed E-state index contributed by atoms with van der Waals surface area (Å²) in [5.41, 5.74) is 1.19. The maximum Gasteiger partial charge on any atom is 0.271 e. The van der Waals surface area contributed by atoms with E-state index in [9.17, 15) is 4.79 Å². The van der Waals surface area contributed by atoms with Crippen molar-refractivity contribution >= 4 is 17.4 Å². The number of H-pyrrole nitrogens is 1. The molecule has 2 N–H and O–H groups in total. The zero-order valence-electron chi connectivity index (χ0n) is 10.1. The van der Waals surface area contributed by atoms with Crippen molar-refractivity contribution in [3.8, 4) is 6.07 Å². The lowest BCUT2D eigenvalue weighted by atomic mass is 10.1. The van der Waals surface area contributed by atoms with Crippen LogP contribution in [-0.2, 0) is 0 Å². The predicted molar refractivity (Wildman–Crippen MR) is 73.1 cm³/mol. The van der Waals surface area contributed by atoms with Gasteiger partial charge in [-0.15, -0.1) is 0 Å². The van der Waals surface area contributed by atoms with Gasteiger partial charge in [0.2, 0.25) is 0 Å². The first-order valence-corrected chi connectivity index (χ1v) is 5.99. The van der Waals surface area contributed by atoms with Crippen LogP contribution in [0.2, 0.25) is 5.02 Å². The minimum absolute atomic E-state index is 0.0306. The Morgan fingerprint density at radius 1 is 1.42 bits per heavy atom. The van der Waals surface area contributed by atoms with Gasteiger partial charge in [-0.1, -0.05) is 23.7 Å². The molecule has 1 aromatic heterocycles. The minimum atomic E-state index is -0.383. The van der Waals surface area contributed by atoms with E-state index in [-0.39, 0.29) is 16.6 Å². The first-order valence-electron chi connectivity index (χ1n) is 5.61. The quantitative estimate of drug-likeness (QED) is 0.901. The number of hydrogen-bond donors (Lipinski definition) is 2. The highest BCUT2D eigenvalue weighted by Crippen LogP contribution is 2.21. The second kappa shape index (κ2) is 5.55. The molecule has 0 saturated carbocycles. The largest absolute Gasteiger partial charge is 0.362 e. The predicted octanol–water partition coefficient (Wildman–Crippen LogP) is 2.47. The van der Waals surface area contributed by atoms with Crippen LogP contribution in [0.3, 0.4) is 0 Å². The van der Waals surface area contributed by atoms with Gasteiger partial charge in [-0.25, -0.2) is 4.98 Å². The van der Waals surface area contributed by atoms with E-state index >= 15 is 0 Å². The average molecular weight is 275 g/mol. The number of nitrogens with one attached hydrogen (secondary N) is 2. The summed E-state index contributed by atoms with van der Waals surface area (Å²) in [6, 6.07) is 9.14. The maximum atomic E-state index is 11.3. The van der Waals surface area contributed by atoms with Crippen LogP contribution in [0.5, 0.6) is 0 Å². The van der Waals surface area contributed by atoms with E-state index in [0.29, 0.717) is 11.4 Å². The van der Waals surface area contributed by atoms with Crippen molar-refractivity contribution in [3.05, 3.63) is 57.1 Å². The number of nitrogens with zero attached hydrogens (tertiary/aromatic N) is 2. The summed E-state index contributed by atoms with van der Waals surface area (Å²) >= 11 is 5.86. The summed E-state index contributed by atoms with van der Waals surface area (Å²) in [4.78, 5) is 17.7. The molecular formula is C13H11ClN4O. The normalized spacial score (nSPS) is 11.6. The molecule has 1 heterocycles. The van der Waals surface area contributed by atoms with Gasteiger partial charge in [0.1, 0.15) is 5.02 Å². The molecular weight excluding hydrogens is 264 g/mol. The molecule has 0 aliphatic heterocycles. The maximum absolute atomic E-state index is 11.3. The van der Waals surface area contributed by atoms with Crippen molar-refractivity contribution in [1.29, 1.82) is 5.26 Å². The third kappa shape index (κ3) is 2.92. The van der Waals surface area contributed by atoms with E-state index in [1.54, 1.807) is 12.1 Å². The Bertz CT molecular complexity index is 672. The molecule has 0 saturated heterocycles. The molecule has 1 atom stereocenters. The molecule has 0 fully saturated rings. The first kappa shape index (κ1) is 13.1. The summed E-state index contributed by atoms with van der Waals surface area (Å²) in [7, 11) is 0. The Morgan fingerprint density at radius 3 is 2.74 bits per heavy atom. The van der Waals surface area contributed by atoms with E-state index in [4.69, 9.17) is 16.9 Å². The minimum Gasteiger partial charge on any atom is -0.362 e. The smallest absolute Gasteiger partial charge is 0.271 e. The second-order valence-corrected chi connectivity index (χ2v) is 4.37. The average Bonchev–Trinajstić information content (AvgIpc) is 2.44. The van der Waals surface area contributed by atoms with Crippen LogP contribution in [0.1, 0.15) is 24.1 Å². The standard InChI is InChI=1S/C13H11ClN4O/c1-8(10-4-2-9(6-15)3-5-10)18-12-11(14)13(19)17-7-16-12/h2-5,7-8H,1H3,(H2,16,17,18,19). The molecule has 0 amide bonds. The van der Waals surface area contributed by atoms with Crippen LogP contribution in [0, 0.1) is 11.3 Å². The lowest BCUT2D eigenvalue weighted by Crippen LogP contribution is -2.14. The van der Waals surface area contributed by atoms with E-state index in [2.05, 4.69) is 21.4 Å². The van der Waals surface area contributed by atoms with Crippen LogP contribution in [-0.4, -0.2) is 9.97 Å². The van der Waals surface area contributed by atoms with Crippen LogP contribution >= 0.6 is 11.6 Å². The summed E-state index contributed by atoms with van der Waals surface area (Å²) in [5, 5.41) is 11.8. The molecule has 0 radical (unpaired) electrons. The van der Waals surface area contributed by atoms with Crippen molar-refractivity contribution in [2.24, 2.45) is 0 Å². The number of hydrogen-bond acceptors (Lipinski definition) is 4. The number of nitriles is 1. The molecule has 0 spiro atoms. The molecule has 0 aliphatic rings. The van der Waals surface area contributed by atoms with E-state index in [0.717, 1.165) is 5.56 Å².